The van der Waals surface area contributed by atoms with E-state index in [-0.39, 0.29) is 5.91 Å². The SMILES string of the molecule is CN1CCC(NC(=O)c2cc(F)c(F)cc2C(=O)O)C1=O. The lowest BCUT2D eigenvalue weighted by molar-refractivity contribution is -0.128. The Kier molecular flexibility index (Phi) is 3.88. The van der Waals surface area contributed by atoms with Crippen LogP contribution < -0.4 is 5.32 Å². The zero-order chi connectivity index (χ0) is 15.7. The Hall–Kier alpha value is -2.51. The molecule has 0 bridgehead atoms. The summed E-state index contributed by atoms with van der Waals surface area (Å²) >= 11 is 0. The maximum Gasteiger partial charge on any atom is 0.336 e. The normalized spacial score (nSPS) is 18.0. The number of rotatable bonds is 3. The van der Waals surface area contributed by atoms with Gasteiger partial charge >= 0.3 is 5.97 Å². The molecule has 1 saturated heterocycles. The molecule has 1 heterocycles. The Balaban J connectivity index is 2.29. The second kappa shape index (κ2) is 5.47. The average molecular weight is 298 g/mol. The predicted molar refractivity (Wildman–Crippen MR) is 66.8 cm³/mol. The zero-order valence-electron chi connectivity index (χ0n) is 11.0. The van der Waals surface area contributed by atoms with Crippen molar-refractivity contribution in [2.45, 2.75) is 12.5 Å². The molecule has 0 saturated carbocycles. The van der Waals surface area contributed by atoms with E-state index in [4.69, 9.17) is 5.11 Å². The zero-order valence-corrected chi connectivity index (χ0v) is 11.0. The first-order valence-corrected chi connectivity index (χ1v) is 6.09. The molecular formula is C13H12F2N2O4. The number of amides is 2. The summed E-state index contributed by atoms with van der Waals surface area (Å²) in [5, 5.41) is 11.3. The molecule has 6 nitrogen and oxygen atoms in total. The number of hydrogen-bond donors (Lipinski definition) is 2. The van der Waals surface area contributed by atoms with Gasteiger partial charge in [0.25, 0.3) is 5.91 Å². The molecule has 0 aromatic heterocycles. The quantitative estimate of drug-likeness (QED) is 0.856. The maximum absolute atomic E-state index is 13.2. The highest BCUT2D eigenvalue weighted by Crippen LogP contribution is 2.17. The Labute approximate surface area is 118 Å². The van der Waals surface area contributed by atoms with Crippen LogP contribution in [0.4, 0.5) is 8.78 Å². The summed E-state index contributed by atoms with van der Waals surface area (Å²) in [5.74, 6) is -5.50. The van der Waals surface area contributed by atoms with Crippen molar-refractivity contribution >= 4 is 17.8 Å². The molecule has 1 fully saturated rings. The molecule has 1 aromatic carbocycles. The number of likely N-dealkylation sites (N-methyl/N-ethyl adjacent to an activating group) is 1. The number of nitrogens with one attached hydrogen (secondary N) is 1. The molecule has 0 aliphatic carbocycles. The molecule has 1 aromatic rings. The van der Waals surface area contributed by atoms with E-state index in [0.29, 0.717) is 25.1 Å². The van der Waals surface area contributed by atoms with Crippen molar-refractivity contribution in [1.82, 2.24) is 10.2 Å². The van der Waals surface area contributed by atoms with Crippen LogP contribution in [0.3, 0.4) is 0 Å². The smallest absolute Gasteiger partial charge is 0.336 e. The monoisotopic (exact) mass is 298 g/mol. The highest BCUT2D eigenvalue weighted by Gasteiger charge is 2.31. The van der Waals surface area contributed by atoms with E-state index in [0.717, 1.165) is 0 Å². The summed E-state index contributed by atoms with van der Waals surface area (Å²) in [4.78, 5) is 36.1. The summed E-state index contributed by atoms with van der Waals surface area (Å²) in [6, 6.07) is 0.157. The molecule has 1 aliphatic heterocycles. The maximum atomic E-state index is 13.2. The fourth-order valence-corrected chi connectivity index (χ4v) is 2.10. The number of carbonyl (C=O) groups is 3. The second-order valence-electron chi connectivity index (χ2n) is 4.69. The van der Waals surface area contributed by atoms with Crippen molar-refractivity contribution in [3.8, 4) is 0 Å². The number of carbonyl (C=O) groups excluding carboxylic acids is 2. The number of carboxylic acids is 1. The van der Waals surface area contributed by atoms with Crippen LogP contribution in [-0.4, -0.2) is 47.4 Å². The number of nitrogens with zero attached hydrogens (tertiary/aromatic N) is 1. The van der Waals surface area contributed by atoms with Gasteiger partial charge in [-0.15, -0.1) is 0 Å². The van der Waals surface area contributed by atoms with Gasteiger partial charge < -0.3 is 15.3 Å². The summed E-state index contributed by atoms with van der Waals surface area (Å²) in [5.41, 5.74) is -1.19. The minimum Gasteiger partial charge on any atom is -0.478 e. The summed E-state index contributed by atoms with van der Waals surface area (Å²) in [6.07, 6.45) is 0.368. The van der Waals surface area contributed by atoms with Crippen molar-refractivity contribution in [2.24, 2.45) is 0 Å². The highest BCUT2D eigenvalue weighted by molar-refractivity contribution is 6.06. The van der Waals surface area contributed by atoms with E-state index in [9.17, 15) is 23.2 Å². The van der Waals surface area contributed by atoms with Gasteiger partial charge in [0, 0.05) is 13.6 Å². The van der Waals surface area contributed by atoms with Crippen LogP contribution in [-0.2, 0) is 4.79 Å². The second-order valence-corrected chi connectivity index (χ2v) is 4.69. The summed E-state index contributed by atoms with van der Waals surface area (Å²) in [7, 11) is 1.56. The van der Waals surface area contributed by atoms with Crippen molar-refractivity contribution in [2.75, 3.05) is 13.6 Å². The van der Waals surface area contributed by atoms with Crippen molar-refractivity contribution in [3.05, 3.63) is 34.9 Å². The molecule has 0 radical (unpaired) electrons. The fraction of sp³-hybridized carbons (Fsp3) is 0.308. The van der Waals surface area contributed by atoms with Gasteiger partial charge in [-0.2, -0.15) is 0 Å². The first-order valence-electron chi connectivity index (χ1n) is 6.09. The number of aromatic carboxylic acids is 1. The lowest BCUT2D eigenvalue weighted by atomic mass is 10.1. The van der Waals surface area contributed by atoms with Gasteiger partial charge in [0.2, 0.25) is 5.91 Å². The first kappa shape index (κ1) is 14.9. The summed E-state index contributed by atoms with van der Waals surface area (Å²) < 4.78 is 26.3. The number of hydrogen-bond acceptors (Lipinski definition) is 3. The fourth-order valence-electron chi connectivity index (χ4n) is 2.10. The number of halogens is 2. The van der Waals surface area contributed by atoms with E-state index < -0.39 is 40.7 Å². The van der Waals surface area contributed by atoms with Crippen LogP contribution in [0.2, 0.25) is 0 Å². The van der Waals surface area contributed by atoms with Crippen LogP contribution in [0.25, 0.3) is 0 Å². The lowest BCUT2D eigenvalue weighted by Crippen LogP contribution is -2.41. The van der Waals surface area contributed by atoms with Gasteiger partial charge in [-0.1, -0.05) is 0 Å². The molecule has 1 atom stereocenters. The first-order chi connectivity index (χ1) is 9.81. The Morgan fingerprint density at radius 2 is 1.86 bits per heavy atom. The third-order valence-corrected chi connectivity index (χ3v) is 3.27. The van der Waals surface area contributed by atoms with Gasteiger partial charge in [0.05, 0.1) is 11.1 Å². The third-order valence-electron chi connectivity index (χ3n) is 3.27. The molecule has 2 rings (SSSR count). The van der Waals surface area contributed by atoms with Gasteiger partial charge in [0.15, 0.2) is 11.6 Å². The predicted octanol–water partition coefficient (Wildman–Crippen LogP) is 0.623. The van der Waals surface area contributed by atoms with Crippen LogP contribution in [0.15, 0.2) is 12.1 Å². The van der Waals surface area contributed by atoms with Crippen molar-refractivity contribution in [3.63, 3.8) is 0 Å². The van der Waals surface area contributed by atoms with Gasteiger partial charge in [-0.25, -0.2) is 13.6 Å². The Bertz CT molecular complexity index is 633. The van der Waals surface area contributed by atoms with Crippen LogP contribution in [0.5, 0.6) is 0 Å². The minimum atomic E-state index is -1.56. The molecule has 0 spiro atoms. The minimum absolute atomic E-state index is 0.317. The third kappa shape index (κ3) is 2.83. The molecular weight excluding hydrogens is 286 g/mol. The number of benzene rings is 1. The topological polar surface area (TPSA) is 86.7 Å². The Morgan fingerprint density at radius 1 is 1.29 bits per heavy atom. The number of carboxylic acid groups (broad SMARTS) is 1. The van der Waals surface area contributed by atoms with E-state index in [1.165, 1.54) is 4.90 Å². The molecule has 21 heavy (non-hydrogen) atoms. The van der Waals surface area contributed by atoms with Crippen molar-refractivity contribution < 1.29 is 28.3 Å². The van der Waals surface area contributed by atoms with E-state index >= 15 is 0 Å². The van der Waals surface area contributed by atoms with Gasteiger partial charge in [-0.3, -0.25) is 9.59 Å². The van der Waals surface area contributed by atoms with Crippen LogP contribution in [0.1, 0.15) is 27.1 Å². The Morgan fingerprint density at radius 3 is 2.33 bits per heavy atom. The largest absolute Gasteiger partial charge is 0.478 e. The van der Waals surface area contributed by atoms with E-state index in [2.05, 4.69) is 5.32 Å². The molecule has 8 heteroatoms. The standard InChI is InChI=1S/C13H12F2N2O4/c1-17-3-2-10(12(17)19)16-11(18)6-4-8(14)9(15)5-7(6)13(20)21/h4-5,10H,2-3H2,1H3,(H,16,18)(H,20,21). The van der Waals surface area contributed by atoms with E-state index in [1.807, 2.05) is 0 Å². The average Bonchev–Trinajstić information content (AvgIpc) is 2.73. The molecule has 2 amide bonds. The van der Waals surface area contributed by atoms with Crippen molar-refractivity contribution in [1.29, 1.82) is 0 Å². The highest BCUT2D eigenvalue weighted by atomic mass is 19.2. The van der Waals surface area contributed by atoms with E-state index in [1.54, 1.807) is 7.05 Å². The van der Waals surface area contributed by atoms with Crippen LogP contribution >= 0.6 is 0 Å². The van der Waals surface area contributed by atoms with Gasteiger partial charge in [-0.05, 0) is 18.6 Å². The molecule has 112 valence electrons. The molecule has 1 aliphatic rings. The molecule has 2 N–H and O–H groups in total. The van der Waals surface area contributed by atoms with Crippen LogP contribution in [0, 0.1) is 11.6 Å². The van der Waals surface area contributed by atoms with Gasteiger partial charge in [0.1, 0.15) is 6.04 Å². The lowest BCUT2D eigenvalue weighted by Gasteiger charge is -2.13. The molecule has 1 unspecified atom stereocenters. The number of likely N-dealkylation sites (tertiary alicyclic amines) is 1. The summed E-state index contributed by atoms with van der Waals surface area (Å²) in [6.45, 7) is 0.452.